The molecule has 0 saturated carbocycles. The largest absolute Gasteiger partial charge is 0.434 e. The Labute approximate surface area is 124 Å². The minimum atomic E-state index is 0.606. The number of oxazole rings is 1. The summed E-state index contributed by atoms with van der Waals surface area (Å²) in [6.07, 6.45) is 3.58. The van der Waals surface area contributed by atoms with Gasteiger partial charge in [0.1, 0.15) is 5.52 Å². The van der Waals surface area contributed by atoms with Crippen LogP contribution in [0.1, 0.15) is 17.5 Å². The molecule has 3 aromatic rings. The highest BCUT2D eigenvalue weighted by Crippen LogP contribution is 2.32. The van der Waals surface area contributed by atoms with E-state index in [0.29, 0.717) is 17.2 Å². The lowest BCUT2D eigenvalue weighted by molar-refractivity contribution is 0.621. The van der Waals surface area contributed by atoms with Crippen molar-refractivity contribution in [2.75, 3.05) is 5.73 Å². The van der Waals surface area contributed by atoms with Crippen LogP contribution in [0.5, 0.6) is 0 Å². The van der Waals surface area contributed by atoms with Gasteiger partial charge in [-0.15, -0.1) is 0 Å². The summed E-state index contributed by atoms with van der Waals surface area (Å²) in [7, 11) is 0. The first-order chi connectivity index (χ1) is 9.70. The number of halogens is 1. The normalized spacial score (nSPS) is 13.8. The second kappa shape index (κ2) is 4.35. The SMILES string of the molecule is Nc1cc(Br)cc2nc(-c3ccc4c(c3)CCC4)oc12. The van der Waals surface area contributed by atoms with E-state index in [2.05, 4.69) is 39.1 Å². The Kier molecular flexibility index (Phi) is 2.60. The lowest BCUT2D eigenvalue weighted by atomic mass is 10.1. The number of hydrogen-bond donors (Lipinski definition) is 1. The van der Waals surface area contributed by atoms with E-state index >= 15 is 0 Å². The zero-order valence-electron chi connectivity index (χ0n) is 10.8. The van der Waals surface area contributed by atoms with E-state index in [4.69, 9.17) is 10.2 Å². The van der Waals surface area contributed by atoms with Crippen molar-refractivity contribution >= 4 is 32.7 Å². The van der Waals surface area contributed by atoms with Crippen LogP contribution in [-0.4, -0.2) is 4.98 Å². The molecule has 0 bridgehead atoms. The standard InChI is InChI=1S/C16H13BrN2O/c17-12-7-13(18)15-14(8-12)19-16(20-15)11-5-4-9-2-1-3-10(9)6-11/h4-8H,1-3,18H2. The van der Waals surface area contributed by atoms with Crippen molar-refractivity contribution in [3.8, 4) is 11.5 Å². The number of hydrogen-bond acceptors (Lipinski definition) is 3. The Balaban J connectivity index is 1.88. The molecule has 4 heteroatoms. The fourth-order valence-electron chi connectivity index (χ4n) is 2.85. The Morgan fingerprint density at radius 2 is 1.95 bits per heavy atom. The Hall–Kier alpha value is -1.81. The summed E-state index contributed by atoms with van der Waals surface area (Å²) in [5, 5.41) is 0. The third-order valence-electron chi connectivity index (χ3n) is 3.83. The molecule has 0 radical (unpaired) electrons. The lowest BCUT2D eigenvalue weighted by Gasteiger charge is -2.00. The topological polar surface area (TPSA) is 52.0 Å². The van der Waals surface area contributed by atoms with Crippen LogP contribution < -0.4 is 5.73 Å². The first kappa shape index (κ1) is 12.0. The number of nitrogens with zero attached hydrogens (tertiary/aromatic N) is 1. The average Bonchev–Trinajstić information content (AvgIpc) is 3.03. The second-order valence-electron chi connectivity index (χ2n) is 5.20. The van der Waals surface area contributed by atoms with Gasteiger partial charge in [-0.05, 0) is 54.7 Å². The van der Waals surface area contributed by atoms with Crippen molar-refractivity contribution in [1.82, 2.24) is 4.98 Å². The van der Waals surface area contributed by atoms with Gasteiger partial charge in [-0.1, -0.05) is 22.0 Å². The molecule has 0 atom stereocenters. The average molecular weight is 329 g/mol. The van der Waals surface area contributed by atoms with Gasteiger partial charge < -0.3 is 10.2 Å². The van der Waals surface area contributed by atoms with E-state index in [9.17, 15) is 0 Å². The Morgan fingerprint density at radius 1 is 1.10 bits per heavy atom. The molecule has 3 nitrogen and oxygen atoms in total. The molecule has 0 spiro atoms. The summed E-state index contributed by atoms with van der Waals surface area (Å²) in [6.45, 7) is 0. The van der Waals surface area contributed by atoms with E-state index in [1.807, 2.05) is 12.1 Å². The summed E-state index contributed by atoms with van der Waals surface area (Å²) in [5.41, 5.74) is 11.9. The van der Waals surface area contributed by atoms with Gasteiger partial charge in [0, 0.05) is 10.0 Å². The maximum Gasteiger partial charge on any atom is 0.227 e. The van der Waals surface area contributed by atoms with Gasteiger partial charge in [0.25, 0.3) is 0 Å². The number of nitrogens with two attached hydrogens (primary N) is 1. The fourth-order valence-corrected chi connectivity index (χ4v) is 3.31. The molecule has 100 valence electrons. The molecule has 0 fully saturated rings. The van der Waals surface area contributed by atoms with Crippen LogP contribution >= 0.6 is 15.9 Å². The number of benzene rings is 2. The van der Waals surface area contributed by atoms with Crippen LogP contribution in [0.4, 0.5) is 5.69 Å². The summed E-state index contributed by atoms with van der Waals surface area (Å²) in [6, 6.07) is 10.2. The number of aromatic nitrogens is 1. The first-order valence-electron chi connectivity index (χ1n) is 6.68. The molecule has 2 aromatic carbocycles. The maximum atomic E-state index is 5.97. The molecule has 2 N–H and O–H groups in total. The molecular formula is C16H13BrN2O. The number of rotatable bonds is 1. The highest BCUT2D eigenvalue weighted by molar-refractivity contribution is 9.10. The van der Waals surface area contributed by atoms with Crippen molar-refractivity contribution < 1.29 is 4.42 Å². The van der Waals surface area contributed by atoms with Gasteiger partial charge >= 0.3 is 0 Å². The van der Waals surface area contributed by atoms with Crippen LogP contribution in [0.2, 0.25) is 0 Å². The summed E-state index contributed by atoms with van der Waals surface area (Å²) < 4.78 is 6.76. The molecular weight excluding hydrogens is 316 g/mol. The van der Waals surface area contributed by atoms with E-state index < -0.39 is 0 Å². The smallest absolute Gasteiger partial charge is 0.227 e. The van der Waals surface area contributed by atoms with Gasteiger partial charge in [0.2, 0.25) is 5.89 Å². The predicted octanol–water partition coefficient (Wildman–Crippen LogP) is 4.33. The molecule has 1 aromatic heterocycles. The highest BCUT2D eigenvalue weighted by Gasteiger charge is 2.15. The first-order valence-corrected chi connectivity index (χ1v) is 7.48. The van der Waals surface area contributed by atoms with Crippen molar-refractivity contribution in [2.24, 2.45) is 0 Å². The van der Waals surface area contributed by atoms with Gasteiger partial charge in [-0.2, -0.15) is 0 Å². The van der Waals surface area contributed by atoms with Crippen LogP contribution in [0.3, 0.4) is 0 Å². The molecule has 1 aliphatic carbocycles. The van der Waals surface area contributed by atoms with Crippen molar-refractivity contribution in [3.63, 3.8) is 0 Å². The fraction of sp³-hybridized carbons (Fsp3) is 0.188. The molecule has 1 heterocycles. The maximum absolute atomic E-state index is 5.97. The van der Waals surface area contributed by atoms with Crippen molar-refractivity contribution in [2.45, 2.75) is 19.3 Å². The number of anilines is 1. The van der Waals surface area contributed by atoms with E-state index in [1.165, 1.54) is 24.0 Å². The van der Waals surface area contributed by atoms with Crippen LogP contribution in [-0.2, 0) is 12.8 Å². The van der Waals surface area contributed by atoms with Crippen LogP contribution in [0, 0.1) is 0 Å². The number of aryl methyl sites for hydroxylation is 2. The zero-order chi connectivity index (χ0) is 13.7. The third kappa shape index (κ3) is 1.83. The Bertz CT molecular complexity index is 823. The summed E-state index contributed by atoms with van der Waals surface area (Å²) >= 11 is 3.43. The number of fused-ring (bicyclic) bond motifs is 2. The van der Waals surface area contributed by atoms with Crippen molar-refractivity contribution in [1.29, 1.82) is 0 Å². The summed E-state index contributed by atoms with van der Waals surface area (Å²) in [5.74, 6) is 0.638. The highest BCUT2D eigenvalue weighted by atomic mass is 79.9. The monoisotopic (exact) mass is 328 g/mol. The predicted molar refractivity (Wildman–Crippen MR) is 83.6 cm³/mol. The number of nitrogen functional groups attached to an aromatic ring is 1. The lowest BCUT2D eigenvalue weighted by Crippen LogP contribution is -1.84. The summed E-state index contributed by atoms with van der Waals surface area (Å²) in [4.78, 5) is 4.55. The minimum Gasteiger partial charge on any atom is -0.434 e. The molecule has 0 saturated heterocycles. The van der Waals surface area contributed by atoms with Crippen LogP contribution in [0.15, 0.2) is 39.2 Å². The quantitative estimate of drug-likeness (QED) is 0.676. The molecule has 4 rings (SSSR count). The molecule has 1 aliphatic rings. The van der Waals surface area contributed by atoms with E-state index in [0.717, 1.165) is 22.0 Å². The molecule has 0 unspecified atom stereocenters. The third-order valence-corrected chi connectivity index (χ3v) is 4.29. The minimum absolute atomic E-state index is 0.606. The van der Waals surface area contributed by atoms with E-state index in [-0.39, 0.29) is 0 Å². The van der Waals surface area contributed by atoms with Crippen LogP contribution in [0.25, 0.3) is 22.6 Å². The van der Waals surface area contributed by atoms with E-state index in [1.54, 1.807) is 0 Å². The van der Waals surface area contributed by atoms with Gasteiger partial charge in [-0.25, -0.2) is 4.98 Å². The molecule has 20 heavy (non-hydrogen) atoms. The van der Waals surface area contributed by atoms with Gasteiger partial charge in [-0.3, -0.25) is 0 Å². The Morgan fingerprint density at radius 3 is 2.85 bits per heavy atom. The van der Waals surface area contributed by atoms with Gasteiger partial charge in [0.05, 0.1) is 5.69 Å². The molecule has 0 aliphatic heterocycles. The second-order valence-corrected chi connectivity index (χ2v) is 6.12. The zero-order valence-corrected chi connectivity index (χ0v) is 12.4. The molecule has 0 amide bonds. The van der Waals surface area contributed by atoms with Crippen molar-refractivity contribution in [3.05, 3.63) is 45.9 Å². The van der Waals surface area contributed by atoms with Gasteiger partial charge in [0.15, 0.2) is 5.58 Å².